The van der Waals surface area contributed by atoms with Crippen LogP contribution in [0, 0.1) is 0 Å². The van der Waals surface area contributed by atoms with E-state index in [1.54, 1.807) is 0 Å². The summed E-state index contributed by atoms with van der Waals surface area (Å²) < 4.78 is 43.9. The lowest BCUT2D eigenvalue weighted by atomic mass is 9.84. The van der Waals surface area contributed by atoms with Crippen LogP contribution in [0.25, 0.3) is 11.1 Å². The molecule has 0 aliphatic carbocycles. The van der Waals surface area contributed by atoms with E-state index in [0.717, 1.165) is 121 Å². The Morgan fingerprint density at radius 1 is 0.484 bits per heavy atom. The van der Waals surface area contributed by atoms with Crippen molar-refractivity contribution in [1.82, 2.24) is 0 Å². The summed E-state index contributed by atoms with van der Waals surface area (Å²) in [7, 11) is 0. The maximum Gasteiger partial charge on any atom is 0.416 e. The van der Waals surface area contributed by atoms with Crippen LogP contribution in [0.4, 0.5) is 35.9 Å². The van der Waals surface area contributed by atoms with Gasteiger partial charge >= 0.3 is 6.18 Å². The molecule has 0 radical (unpaired) electrons. The Bertz CT molecular complexity index is 2010. The number of hydrogen-bond acceptors (Lipinski definition) is 5. The van der Waals surface area contributed by atoms with Crippen LogP contribution in [0.3, 0.4) is 0 Å². The predicted octanol–water partition coefficient (Wildman–Crippen LogP) is 12.5. The number of rotatable bonds is 20. The Balaban J connectivity index is 1.88. The molecular weight excluding hydrogens is 780 g/mol. The van der Waals surface area contributed by atoms with Gasteiger partial charge in [-0.3, -0.25) is 4.79 Å². The van der Waals surface area contributed by atoms with E-state index in [0.29, 0.717) is 0 Å². The first kappa shape index (κ1) is 47.1. The van der Waals surface area contributed by atoms with Gasteiger partial charge in [0.05, 0.1) is 5.56 Å². The molecule has 9 heteroatoms. The van der Waals surface area contributed by atoms with Gasteiger partial charge in [-0.15, -0.1) is 0 Å². The minimum Gasteiger partial charge on any atom is -0.372 e. The average molecular weight is 844 g/mol. The lowest BCUT2D eigenvalue weighted by Crippen LogP contribution is -2.21. The Labute approximate surface area is 368 Å². The van der Waals surface area contributed by atoms with E-state index in [-0.39, 0.29) is 11.1 Å². The third-order valence-electron chi connectivity index (χ3n) is 11.9. The molecule has 0 atom stereocenters. The van der Waals surface area contributed by atoms with Gasteiger partial charge in [-0.2, -0.15) is 13.2 Å². The fourth-order valence-electron chi connectivity index (χ4n) is 8.31. The largest absolute Gasteiger partial charge is 0.416 e. The number of allylic oxidation sites excluding steroid dienone is 2. The summed E-state index contributed by atoms with van der Waals surface area (Å²) >= 11 is 0. The third kappa shape index (κ3) is 11.1. The summed E-state index contributed by atoms with van der Waals surface area (Å²) in [6.07, 6.45) is -0.666. The van der Waals surface area contributed by atoms with E-state index in [1.165, 1.54) is 6.07 Å². The molecule has 6 nitrogen and oxygen atoms in total. The first-order chi connectivity index (χ1) is 29.8. The number of carbonyl (C=O) groups is 1. The monoisotopic (exact) mass is 844 g/mol. The van der Waals surface area contributed by atoms with Crippen molar-refractivity contribution in [3.05, 3.63) is 166 Å². The van der Waals surface area contributed by atoms with Gasteiger partial charge in [0.2, 0.25) is 5.91 Å². The number of benzene rings is 5. The number of nitrogens with zero attached hydrogens (tertiary/aromatic N) is 4. The first-order valence-corrected chi connectivity index (χ1v) is 22.2. The van der Waals surface area contributed by atoms with Gasteiger partial charge in [0.25, 0.3) is 0 Å². The second kappa shape index (κ2) is 21.7. The van der Waals surface area contributed by atoms with Gasteiger partial charge in [-0.05, 0) is 161 Å². The molecular formula is C53H64F3N5O. The second-order valence-electron chi connectivity index (χ2n) is 15.2. The van der Waals surface area contributed by atoms with Crippen LogP contribution in [-0.2, 0) is 6.18 Å². The summed E-state index contributed by atoms with van der Waals surface area (Å²) in [5.74, 6) is -1.65. The number of amides is 1. The van der Waals surface area contributed by atoms with Gasteiger partial charge in [0, 0.05) is 86.6 Å². The van der Waals surface area contributed by atoms with E-state index < -0.39 is 23.6 Å². The second-order valence-corrected chi connectivity index (χ2v) is 15.2. The Hall–Kier alpha value is -5.96. The lowest BCUT2D eigenvalue weighted by molar-refractivity contribution is -0.137. The molecule has 0 spiro atoms. The van der Waals surface area contributed by atoms with Crippen molar-refractivity contribution < 1.29 is 18.0 Å². The van der Waals surface area contributed by atoms with Gasteiger partial charge in [-0.25, -0.2) is 0 Å². The van der Waals surface area contributed by atoms with Gasteiger partial charge in [-0.1, -0.05) is 60.7 Å². The summed E-state index contributed by atoms with van der Waals surface area (Å²) in [6.45, 7) is 23.7. The van der Waals surface area contributed by atoms with Crippen molar-refractivity contribution in [2.24, 2.45) is 5.73 Å². The molecule has 0 aromatic heterocycles. The van der Waals surface area contributed by atoms with Gasteiger partial charge in [0.1, 0.15) is 0 Å². The SMILES string of the molecule is CCN(CC)c1ccc(C(=CC(C=C(c2ccc(N(CC)CC)cc2)c2ccc(N(CC)CC)cc2)c2cc(C(F)(F)F)ccc2C(N)=O)c2ccc(N(CC)CC)cc2)cc1. The molecule has 0 bridgehead atoms. The Morgan fingerprint density at radius 3 is 0.984 bits per heavy atom. The minimum absolute atomic E-state index is 0.0247. The molecule has 0 fully saturated rings. The zero-order valence-corrected chi connectivity index (χ0v) is 37.8. The number of hydrogen-bond donors (Lipinski definition) is 1. The highest BCUT2D eigenvalue weighted by Crippen LogP contribution is 2.39. The van der Waals surface area contributed by atoms with E-state index in [1.807, 2.05) is 12.2 Å². The molecule has 5 aromatic carbocycles. The summed E-state index contributed by atoms with van der Waals surface area (Å²) in [6, 6.07) is 36.5. The van der Waals surface area contributed by atoms with Crippen LogP contribution in [0.15, 0.2) is 127 Å². The summed E-state index contributed by atoms with van der Waals surface area (Å²) in [5.41, 5.74) is 14.8. The molecule has 0 unspecified atom stereocenters. The van der Waals surface area contributed by atoms with Crippen LogP contribution >= 0.6 is 0 Å². The molecule has 0 aliphatic rings. The predicted molar refractivity (Wildman–Crippen MR) is 257 cm³/mol. The van der Waals surface area contributed by atoms with Crippen molar-refractivity contribution in [2.45, 2.75) is 67.5 Å². The van der Waals surface area contributed by atoms with Gasteiger partial charge in [0.15, 0.2) is 0 Å². The van der Waals surface area contributed by atoms with Crippen molar-refractivity contribution in [1.29, 1.82) is 0 Å². The van der Waals surface area contributed by atoms with Crippen molar-refractivity contribution in [3.63, 3.8) is 0 Å². The summed E-state index contributed by atoms with van der Waals surface area (Å²) in [5, 5.41) is 0. The van der Waals surface area contributed by atoms with Crippen LogP contribution in [0.5, 0.6) is 0 Å². The molecule has 62 heavy (non-hydrogen) atoms. The summed E-state index contributed by atoms with van der Waals surface area (Å²) in [4.78, 5) is 22.3. The third-order valence-corrected chi connectivity index (χ3v) is 11.9. The van der Waals surface area contributed by atoms with E-state index in [2.05, 4.69) is 172 Å². The van der Waals surface area contributed by atoms with E-state index in [9.17, 15) is 18.0 Å². The molecule has 0 saturated heterocycles. The Kier molecular flexibility index (Phi) is 16.5. The average Bonchev–Trinajstić information content (AvgIpc) is 3.29. The maximum absolute atomic E-state index is 14.6. The number of halogens is 3. The van der Waals surface area contributed by atoms with Crippen molar-refractivity contribution >= 4 is 39.8 Å². The zero-order chi connectivity index (χ0) is 45.0. The number of alkyl halides is 3. The van der Waals surface area contributed by atoms with Crippen LogP contribution in [0.1, 0.15) is 105 Å². The highest BCUT2D eigenvalue weighted by atomic mass is 19.4. The quantitative estimate of drug-likeness (QED) is 0.0846. The molecule has 2 N–H and O–H groups in total. The van der Waals surface area contributed by atoms with E-state index >= 15 is 0 Å². The van der Waals surface area contributed by atoms with E-state index in [4.69, 9.17) is 5.73 Å². The number of primary amides is 1. The molecule has 328 valence electrons. The van der Waals surface area contributed by atoms with Crippen LogP contribution in [0.2, 0.25) is 0 Å². The highest BCUT2D eigenvalue weighted by Gasteiger charge is 2.32. The van der Waals surface area contributed by atoms with Crippen LogP contribution in [-0.4, -0.2) is 58.3 Å². The highest BCUT2D eigenvalue weighted by molar-refractivity contribution is 5.95. The van der Waals surface area contributed by atoms with Crippen molar-refractivity contribution in [2.75, 3.05) is 72.0 Å². The number of anilines is 4. The number of nitrogens with two attached hydrogens (primary N) is 1. The smallest absolute Gasteiger partial charge is 0.372 e. The number of carbonyl (C=O) groups excluding carboxylic acids is 1. The molecule has 0 aliphatic heterocycles. The zero-order valence-electron chi connectivity index (χ0n) is 37.8. The minimum atomic E-state index is -4.66. The van der Waals surface area contributed by atoms with Gasteiger partial charge < -0.3 is 25.3 Å². The normalized spacial score (nSPS) is 11.3. The standard InChI is InChI=1S/C53H64F3N5O/c1-9-58(10-2)44-26-17-38(18-27-44)49(39-19-28-45(29-20-39)59(11-3)12-4)35-42(51-37-43(53(54,55)56)25-34-48(51)52(57)62)36-50(40-21-30-46(31-22-40)60(13-5)14-6)41-23-32-47(33-24-41)61(15-7)16-8/h17-37,42H,9-16H2,1-8H3,(H2,57,62). The molecule has 5 aromatic rings. The molecule has 5 rings (SSSR count). The van der Waals surface area contributed by atoms with Crippen LogP contribution < -0.4 is 25.3 Å². The topological polar surface area (TPSA) is 56.1 Å². The lowest BCUT2D eigenvalue weighted by Gasteiger charge is -2.24. The Morgan fingerprint density at radius 2 is 0.758 bits per heavy atom. The maximum atomic E-state index is 14.6. The first-order valence-electron chi connectivity index (χ1n) is 22.2. The fourth-order valence-corrected chi connectivity index (χ4v) is 8.31. The fraction of sp³-hybridized carbons (Fsp3) is 0.340. The molecule has 0 heterocycles. The molecule has 0 saturated carbocycles. The van der Waals surface area contributed by atoms with Crippen molar-refractivity contribution in [3.8, 4) is 0 Å². The molecule has 1 amide bonds.